The molecule has 0 aliphatic carbocycles. The summed E-state index contributed by atoms with van der Waals surface area (Å²) in [5.74, 6) is 0. The molecule has 1 aromatic rings. The third kappa shape index (κ3) is 2.90. The molecule has 0 radical (unpaired) electrons. The first kappa shape index (κ1) is 12.7. The van der Waals surface area contributed by atoms with Crippen LogP contribution in [0.5, 0.6) is 0 Å². The van der Waals surface area contributed by atoms with Gasteiger partial charge in [0.25, 0.3) is 0 Å². The molecule has 0 N–H and O–H groups in total. The Bertz CT molecular complexity index is 298. The second-order valence-electron chi connectivity index (χ2n) is 2.79. The van der Waals surface area contributed by atoms with E-state index in [1.165, 1.54) is 0 Å². The molecule has 0 aliphatic heterocycles. The first-order chi connectivity index (χ1) is 6.31. The lowest BCUT2D eigenvalue weighted by Gasteiger charge is -2.20. The van der Waals surface area contributed by atoms with Gasteiger partial charge in [-0.2, -0.15) is 0 Å². The maximum Gasteiger partial charge on any atom is 0.385 e. The van der Waals surface area contributed by atoms with Crippen LogP contribution in [0.4, 0.5) is 11.4 Å². The van der Waals surface area contributed by atoms with Gasteiger partial charge in [0, 0.05) is 30.9 Å². The number of nitrogens with zero attached hydrogens (tertiary/aromatic N) is 3. The van der Waals surface area contributed by atoms with E-state index in [-0.39, 0.29) is 12.4 Å². The van der Waals surface area contributed by atoms with E-state index in [9.17, 15) is 0 Å². The van der Waals surface area contributed by atoms with Crippen molar-refractivity contribution in [3.8, 4) is 0 Å². The summed E-state index contributed by atoms with van der Waals surface area (Å²) in [5.41, 5.74) is 1.76. The van der Waals surface area contributed by atoms with Crippen molar-refractivity contribution in [3.05, 3.63) is 29.2 Å². The predicted octanol–water partition coefficient (Wildman–Crippen LogP) is 3.44. The minimum atomic E-state index is 0. The lowest BCUT2D eigenvalue weighted by molar-refractivity contribution is 0.866. The van der Waals surface area contributed by atoms with Crippen LogP contribution in [0.15, 0.2) is 24.3 Å². The van der Waals surface area contributed by atoms with E-state index in [0.29, 0.717) is 5.69 Å². The highest BCUT2D eigenvalue weighted by Gasteiger charge is 2.05. The molecule has 0 heterocycles. The number of benzene rings is 1. The third-order valence-electron chi connectivity index (χ3n) is 2.09. The van der Waals surface area contributed by atoms with Gasteiger partial charge in [-0.3, -0.25) is 0 Å². The molecule has 1 aromatic carbocycles. The highest BCUT2D eigenvalue weighted by Crippen LogP contribution is 2.19. The summed E-state index contributed by atoms with van der Waals surface area (Å²) >= 11 is 0. The first-order valence-corrected chi connectivity index (χ1v) is 4.52. The van der Waals surface area contributed by atoms with Crippen molar-refractivity contribution in [2.45, 2.75) is 13.8 Å². The van der Waals surface area contributed by atoms with Gasteiger partial charge in [0.2, 0.25) is 5.39 Å². The average Bonchev–Trinajstić information content (AvgIpc) is 2.21. The van der Waals surface area contributed by atoms with Gasteiger partial charge in [-0.05, 0) is 26.0 Å². The Balaban J connectivity index is 0.00000169. The second-order valence-corrected chi connectivity index (χ2v) is 2.79. The summed E-state index contributed by atoms with van der Waals surface area (Å²) < 4.78 is 0. The van der Waals surface area contributed by atoms with Gasteiger partial charge in [0.1, 0.15) is 0 Å². The van der Waals surface area contributed by atoms with Crippen LogP contribution in [0.3, 0.4) is 0 Å². The smallest absolute Gasteiger partial charge is 0.372 e. The minimum absolute atomic E-state index is 0. The Morgan fingerprint density at radius 3 is 2.00 bits per heavy atom. The molecule has 14 heavy (non-hydrogen) atoms. The topological polar surface area (TPSA) is 31.4 Å². The summed E-state index contributed by atoms with van der Waals surface area (Å²) in [6, 6.07) is 7.52. The van der Waals surface area contributed by atoms with E-state index in [4.69, 9.17) is 5.39 Å². The Morgan fingerprint density at radius 2 is 1.64 bits per heavy atom. The van der Waals surface area contributed by atoms with Crippen LogP contribution in [0.1, 0.15) is 13.8 Å². The molecule has 0 unspecified atom stereocenters. The van der Waals surface area contributed by atoms with E-state index >= 15 is 0 Å². The van der Waals surface area contributed by atoms with Crippen molar-refractivity contribution < 1.29 is 0 Å². The molecule has 1 rings (SSSR count). The van der Waals surface area contributed by atoms with E-state index in [2.05, 4.69) is 23.7 Å². The first-order valence-electron chi connectivity index (χ1n) is 4.52. The van der Waals surface area contributed by atoms with Crippen molar-refractivity contribution in [2.75, 3.05) is 18.0 Å². The molecule has 0 aliphatic rings. The maximum atomic E-state index is 8.49. The Kier molecular flexibility index (Phi) is 5.66. The molecule has 0 fully saturated rings. The molecule has 0 spiro atoms. The van der Waals surface area contributed by atoms with Crippen LogP contribution < -0.4 is 4.90 Å². The minimum Gasteiger partial charge on any atom is -0.372 e. The zero-order valence-electron chi connectivity index (χ0n) is 8.47. The van der Waals surface area contributed by atoms with Crippen molar-refractivity contribution >= 4 is 23.8 Å². The summed E-state index contributed by atoms with van der Waals surface area (Å²) in [6.07, 6.45) is 0. The molecule has 3 nitrogen and oxygen atoms in total. The van der Waals surface area contributed by atoms with Crippen molar-refractivity contribution in [1.82, 2.24) is 0 Å². The molecule has 0 saturated heterocycles. The van der Waals surface area contributed by atoms with Crippen LogP contribution >= 0.6 is 12.4 Å². The molecular weight excluding hydrogens is 198 g/mol. The van der Waals surface area contributed by atoms with Crippen molar-refractivity contribution in [1.29, 1.82) is 5.39 Å². The predicted molar refractivity (Wildman–Crippen MR) is 62.0 cm³/mol. The normalized spacial score (nSPS) is 8.64. The fourth-order valence-corrected chi connectivity index (χ4v) is 1.32. The van der Waals surface area contributed by atoms with Crippen LogP contribution in [0.2, 0.25) is 0 Å². The fraction of sp³-hybridized carbons (Fsp3) is 0.400. The van der Waals surface area contributed by atoms with Crippen LogP contribution in [-0.2, 0) is 0 Å². The Hall–Kier alpha value is -1.27. The molecule has 0 atom stereocenters. The van der Waals surface area contributed by atoms with Gasteiger partial charge in [-0.15, -0.1) is 12.4 Å². The highest BCUT2D eigenvalue weighted by atomic mass is 35.5. The maximum absolute atomic E-state index is 8.49. The zero-order chi connectivity index (χ0) is 9.68. The summed E-state index contributed by atoms with van der Waals surface area (Å²) in [6.45, 7) is 6.22. The van der Waals surface area contributed by atoms with Gasteiger partial charge in [-0.1, -0.05) is 0 Å². The number of diazo groups is 1. The largest absolute Gasteiger partial charge is 0.385 e. The number of anilines is 1. The second kappa shape index (κ2) is 6.22. The SMILES string of the molecule is CCN(CC)c1ccc([N+]#N)cc1.Cl. The highest BCUT2D eigenvalue weighted by molar-refractivity contribution is 5.85. The standard InChI is InChI=1S/C10H14N3.ClH/c1-3-13(4-2)10-7-5-9(12-11)6-8-10;/h5-8H,3-4H2,1-2H3;1H/q+1;. The van der Waals surface area contributed by atoms with Gasteiger partial charge in [0.05, 0.1) is 0 Å². The molecule has 76 valence electrons. The molecular formula is C10H15ClN3+. The Labute approximate surface area is 90.8 Å². The van der Waals surface area contributed by atoms with Gasteiger partial charge >= 0.3 is 5.69 Å². The van der Waals surface area contributed by atoms with Crippen LogP contribution in [-0.4, -0.2) is 13.1 Å². The quantitative estimate of drug-likeness (QED) is 0.719. The Morgan fingerprint density at radius 1 is 1.14 bits per heavy atom. The number of hydrogen-bond acceptors (Lipinski definition) is 2. The van der Waals surface area contributed by atoms with Crippen molar-refractivity contribution in [3.63, 3.8) is 0 Å². The monoisotopic (exact) mass is 212 g/mol. The molecule has 0 saturated carbocycles. The lowest BCUT2D eigenvalue weighted by Crippen LogP contribution is -2.21. The molecule has 4 heteroatoms. The fourth-order valence-electron chi connectivity index (χ4n) is 1.32. The van der Waals surface area contributed by atoms with Gasteiger partial charge in [-0.25, -0.2) is 0 Å². The lowest BCUT2D eigenvalue weighted by atomic mass is 10.2. The molecule has 0 amide bonds. The summed E-state index contributed by atoms with van der Waals surface area (Å²) in [5, 5.41) is 8.49. The third-order valence-corrected chi connectivity index (χ3v) is 2.09. The van der Waals surface area contributed by atoms with E-state index in [1.807, 2.05) is 12.1 Å². The number of halogens is 1. The number of rotatable bonds is 3. The summed E-state index contributed by atoms with van der Waals surface area (Å²) in [4.78, 5) is 5.34. The average molecular weight is 213 g/mol. The molecule has 0 aromatic heterocycles. The van der Waals surface area contributed by atoms with Gasteiger partial charge < -0.3 is 4.90 Å². The number of hydrogen-bond donors (Lipinski definition) is 0. The van der Waals surface area contributed by atoms with Crippen LogP contribution in [0, 0.1) is 5.39 Å². The van der Waals surface area contributed by atoms with E-state index in [0.717, 1.165) is 18.8 Å². The van der Waals surface area contributed by atoms with Gasteiger partial charge in [0.15, 0.2) is 4.98 Å². The van der Waals surface area contributed by atoms with E-state index < -0.39 is 0 Å². The van der Waals surface area contributed by atoms with Crippen LogP contribution in [0.25, 0.3) is 4.98 Å². The van der Waals surface area contributed by atoms with E-state index in [1.54, 1.807) is 12.1 Å². The zero-order valence-corrected chi connectivity index (χ0v) is 9.29. The molecule has 0 bridgehead atoms. The van der Waals surface area contributed by atoms with Crippen molar-refractivity contribution in [2.24, 2.45) is 0 Å². The summed E-state index contributed by atoms with van der Waals surface area (Å²) in [7, 11) is 0.